The Kier molecular flexibility index (Phi) is 2.03. The monoisotopic (exact) mass is 148 g/mol. The molecule has 0 aromatic rings. The fourth-order valence-electron chi connectivity index (χ4n) is 0.766. The van der Waals surface area contributed by atoms with Gasteiger partial charge in [0.25, 0.3) is 0 Å². The van der Waals surface area contributed by atoms with Gasteiger partial charge in [0.05, 0.1) is 18.0 Å². The van der Waals surface area contributed by atoms with Gasteiger partial charge < -0.3 is 9.47 Å². The predicted octanol–water partition coefficient (Wildman–Crippen LogP) is 1.07. The summed E-state index contributed by atoms with van der Waals surface area (Å²) in [6.07, 6.45) is -0.124. The van der Waals surface area contributed by atoms with E-state index in [-0.39, 0.29) is 11.0 Å². The molecule has 2 nitrogen and oxygen atoms in total. The second-order valence-electron chi connectivity index (χ2n) is 2.73. The zero-order valence-corrected chi connectivity index (χ0v) is 6.65. The molecule has 1 heterocycles. The minimum absolute atomic E-state index is 0.124. The van der Waals surface area contributed by atoms with E-state index in [0.29, 0.717) is 13.2 Å². The summed E-state index contributed by atoms with van der Waals surface area (Å²) in [5.74, 6) is 0. The van der Waals surface area contributed by atoms with Crippen molar-refractivity contribution < 1.29 is 9.47 Å². The highest BCUT2D eigenvalue weighted by Crippen LogP contribution is 2.23. The molecule has 0 aromatic carbocycles. The number of thiol groups is 1. The predicted molar refractivity (Wildman–Crippen MR) is 38.8 cm³/mol. The van der Waals surface area contributed by atoms with E-state index in [0.717, 1.165) is 0 Å². The summed E-state index contributed by atoms with van der Waals surface area (Å²) in [7, 11) is 0. The molecule has 0 atom stereocenters. The van der Waals surface area contributed by atoms with Crippen LogP contribution in [0.3, 0.4) is 0 Å². The van der Waals surface area contributed by atoms with E-state index < -0.39 is 0 Å². The molecule has 0 radical (unpaired) electrons. The molecule has 0 bridgehead atoms. The second-order valence-corrected chi connectivity index (χ2v) is 3.88. The number of ether oxygens (including phenoxy) is 2. The van der Waals surface area contributed by atoms with Crippen LogP contribution in [0, 0.1) is 0 Å². The Morgan fingerprint density at radius 2 is 1.78 bits per heavy atom. The zero-order valence-electron chi connectivity index (χ0n) is 5.76. The first-order valence-corrected chi connectivity index (χ1v) is 3.51. The molecule has 1 aliphatic heterocycles. The Hall–Kier alpha value is 0.270. The van der Waals surface area contributed by atoms with Crippen molar-refractivity contribution in [3.63, 3.8) is 0 Å². The van der Waals surface area contributed by atoms with E-state index in [1.807, 2.05) is 13.8 Å². The van der Waals surface area contributed by atoms with Crippen LogP contribution in [0.1, 0.15) is 13.8 Å². The van der Waals surface area contributed by atoms with Crippen molar-refractivity contribution in [2.24, 2.45) is 0 Å². The van der Waals surface area contributed by atoms with Crippen LogP contribution >= 0.6 is 12.6 Å². The van der Waals surface area contributed by atoms with Gasteiger partial charge in [-0.3, -0.25) is 0 Å². The molecule has 54 valence electrons. The lowest BCUT2D eigenvalue weighted by atomic mass is 10.2. The Bertz CT molecular complexity index is 91.7. The van der Waals surface area contributed by atoms with Crippen molar-refractivity contribution in [1.82, 2.24) is 0 Å². The number of rotatable bonds is 1. The van der Waals surface area contributed by atoms with Gasteiger partial charge >= 0.3 is 0 Å². The third kappa shape index (κ3) is 1.85. The molecule has 0 N–H and O–H groups in total. The number of hydrogen-bond acceptors (Lipinski definition) is 3. The third-order valence-corrected chi connectivity index (χ3v) is 1.41. The smallest absolute Gasteiger partial charge is 0.171 e. The zero-order chi connectivity index (χ0) is 6.91. The van der Waals surface area contributed by atoms with Gasteiger partial charge in [0, 0.05) is 0 Å². The Morgan fingerprint density at radius 3 is 2.00 bits per heavy atom. The van der Waals surface area contributed by atoms with Crippen molar-refractivity contribution in [3.05, 3.63) is 0 Å². The molecule has 1 saturated heterocycles. The summed E-state index contributed by atoms with van der Waals surface area (Å²) in [6, 6.07) is 0. The lowest BCUT2D eigenvalue weighted by Crippen LogP contribution is -2.30. The van der Waals surface area contributed by atoms with E-state index in [4.69, 9.17) is 9.47 Å². The highest BCUT2D eigenvalue weighted by molar-refractivity contribution is 7.81. The van der Waals surface area contributed by atoms with Crippen molar-refractivity contribution in [1.29, 1.82) is 0 Å². The van der Waals surface area contributed by atoms with E-state index >= 15 is 0 Å². The van der Waals surface area contributed by atoms with Crippen LogP contribution in [0.5, 0.6) is 0 Å². The molecule has 1 fully saturated rings. The molecule has 0 spiro atoms. The molecule has 0 unspecified atom stereocenters. The summed E-state index contributed by atoms with van der Waals surface area (Å²) in [5, 5.41) is 0. The number of hydrogen-bond donors (Lipinski definition) is 1. The summed E-state index contributed by atoms with van der Waals surface area (Å²) in [6.45, 7) is 5.36. The van der Waals surface area contributed by atoms with Crippen molar-refractivity contribution in [2.75, 3.05) is 13.2 Å². The van der Waals surface area contributed by atoms with Crippen LogP contribution in [-0.4, -0.2) is 24.3 Å². The molecule has 0 saturated carbocycles. The minimum Gasteiger partial charge on any atom is -0.349 e. The van der Waals surface area contributed by atoms with Crippen LogP contribution in [0.2, 0.25) is 0 Å². The Balaban J connectivity index is 2.42. The Labute approximate surface area is 60.9 Å². The summed E-state index contributed by atoms with van der Waals surface area (Å²) in [5.41, 5.74) is 0. The topological polar surface area (TPSA) is 18.5 Å². The van der Waals surface area contributed by atoms with Crippen LogP contribution < -0.4 is 0 Å². The van der Waals surface area contributed by atoms with Crippen LogP contribution in [0.15, 0.2) is 0 Å². The van der Waals surface area contributed by atoms with Crippen molar-refractivity contribution >= 4 is 12.6 Å². The average Bonchev–Trinajstić information content (AvgIpc) is 2.08. The van der Waals surface area contributed by atoms with Crippen LogP contribution in [0.25, 0.3) is 0 Å². The van der Waals surface area contributed by atoms with Crippen LogP contribution in [-0.2, 0) is 9.47 Å². The fraction of sp³-hybridized carbons (Fsp3) is 1.00. The molecule has 0 aromatic heterocycles. The summed E-state index contributed by atoms with van der Waals surface area (Å²) >= 11 is 4.30. The molecule has 1 aliphatic rings. The van der Waals surface area contributed by atoms with E-state index in [2.05, 4.69) is 12.6 Å². The van der Waals surface area contributed by atoms with Gasteiger partial charge in [-0.05, 0) is 13.8 Å². The first-order chi connectivity index (χ1) is 4.11. The summed E-state index contributed by atoms with van der Waals surface area (Å²) in [4.78, 5) is 0. The average molecular weight is 148 g/mol. The quantitative estimate of drug-likeness (QED) is 0.561. The van der Waals surface area contributed by atoms with E-state index in [9.17, 15) is 0 Å². The Morgan fingerprint density at radius 1 is 1.33 bits per heavy atom. The normalized spacial score (nSPS) is 23.0. The van der Waals surface area contributed by atoms with Gasteiger partial charge in [0.2, 0.25) is 0 Å². The van der Waals surface area contributed by atoms with Gasteiger partial charge in [-0.25, -0.2) is 0 Å². The summed E-state index contributed by atoms with van der Waals surface area (Å²) < 4.78 is 10.3. The first-order valence-electron chi connectivity index (χ1n) is 3.06. The molecule has 3 heteroatoms. The van der Waals surface area contributed by atoms with Crippen LogP contribution in [0.4, 0.5) is 0 Å². The lowest BCUT2D eigenvalue weighted by molar-refractivity contribution is -0.0607. The van der Waals surface area contributed by atoms with Gasteiger partial charge in [0.1, 0.15) is 0 Å². The maximum absolute atomic E-state index is 5.22. The van der Waals surface area contributed by atoms with Gasteiger partial charge in [0.15, 0.2) is 6.29 Å². The van der Waals surface area contributed by atoms with Crippen molar-refractivity contribution in [2.45, 2.75) is 24.9 Å². The van der Waals surface area contributed by atoms with Crippen molar-refractivity contribution in [3.8, 4) is 0 Å². The fourth-order valence-corrected chi connectivity index (χ4v) is 0.915. The second kappa shape index (κ2) is 2.48. The third-order valence-electron chi connectivity index (χ3n) is 1.20. The molecule has 0 aliphatic carbocycles. The molecule has 0 amide bonds. The molecule has 1 rings (SSSR count). The van der Waals surface area contributed by atoms with Gasteiger partial charge in [-0.15, -0.1) is 0 Å². The molecular formula is C6H12O2S. The van der Waals surface area contributed by atoms with E-state index in [1.165, 1.54) is 0 Å². The highest BCUT2D eigenvalue weighted by Gasteiger charge is 2.30. The van der Waals surface area contributed by atoms with E-state index in [1.54, 1.807) is 0 Å². The highest BCUT2D eigenvalue weighted by atomic mass is 32.1. The van der Waals surface area contributed by atoms with Gasteiger partial charge in [-0.1, -0.05) is 0 Å². The SMILES string of the molecule is CC(C)(S)C1OCCO1. The standard InChI is InChI=1S/C6H12O2S/c1-6(2,9)5-7-3-4-8-5/h5,9H,3-4H2,1-2H3. The minimum atomic E-state index is -0.170. The maximum atomic E-state index is 5.22. The lowest BCUT2D eigenvalue weighted by Gasteiger charge is -2.23. The molecule has 9 heavy (non-hydrogen) atoms. The van der Waals surface area contributed by atoms with Gasteiger partial charge in [-0.2, -0.15) is 12.6 Å². The maximum Gasteiger partial charge on any atom is 0.171 e. The largest absolute Gasteiger partial charge is 0.349 e. The molecular weight excluding hydrogens is 136 g/mol. The first kappa shape index (κ1) is 7.38.